The molecule has 1 aliphatic carbocycles. The second kappa shape index (κ2) is 6.36. The van der Waals surface area contributed by atoms with Gasteiger partial charge in [0.25, 0.3) is 5.95 Å². The number of aromatic nitrogens is 5. The lowest BCUT2D eigenvalue weighted by atomic mass is 10.1. The molecule has 2 N–H and O–H groups in total. The van der Waals surface area contributed by atoms with Gasteiger partial charge in [-0.2, -0.15) is 20.1 Å². The summed E-state index contributed by atoms with van der Waals surface area (Å²) < 4.78 is 1.52. The van der Waals surface area contributed by atoms with E-state index >= 15 is 0 Å². The highest BCUT2D eigenvalue weighted by molar-refractivity contribution is 6.28. The average molecular weight is 309 g/mol. The second-order valence-corrected chi connectivity index (χ2v) is 5.47. The minimum absolute atomic E-state index is 0.0589. The summed E-state index contributed by atoms with van der Waals surface area (Å²) >= 11 is 5.95. The third kappa shape index (κ3) is 3.48. The highest BCUT2D eigenvalue weighted by Crippen LogP contribution is 2.21. The van der Waals surface area contributed by atoms with Gasteiger partial charge in [-0.3, -0.25) is 0 Å². The fourth-order valence-corrected chi connectivity index (χ4v) is 2.67. The van der Waals surface area contributed by atoms with Crippen LogP contribution in [-0.4, -0.2) is 42.0 Å². The molecular weight excluding hydrogens is 292 g/mol. The van der Waals surface area contributed by atoms with Crippen LogP contribution in [0, 0.1) is 0 Å². The summed E-state index contributed by atoms with van der Waals surface area (Å²) in [5.74, 6) is 0.720. The zero-order chi connectivity index (χ0) is 14.7. The summed E-state index contributed by atoms with van der Waals surface area (Å²) in [4.78, 5) is 12.4. The fourth-order valence-electron chi connectivity index (χ4n) is 2.52. The molecule has 7 nitrogen and oxygen atoms in total. The van der Waals surface area contributed by atoms with Crippen LogP contribution in [0.4, 0.5) is 5.95 Å². The van der Waals surface area contributed by atoms with Crippen molar-refractivity contribution in [3.63, 3.8) is 0 Å². The molecule has 0 bridgehead atoms. The topological polar surface area (TPSA) is 88.8 Å². The predicted octanol–water partition coefficient (Wildman–Crippen LogP) is 1.82. The zero-order valence-corrected chi connectivity index (χ0v) is 12.2. The van der Waals surface area contributed by atoms with E-state index in [1.807, 2.05) is 0 Å². The first-order chi connectivity index (χ1) is 10.2. The van der Waals surface area contributed by atoms with Crippen molar-refractivity contribution in [2.75, 3.05) is 5.32 Å². The molecule has 0 radical (unpaired) electrons. The van der Waals surface area contributed by atoms with Crippen LogP contribution in [0.2, 0.25) is 5.28 Å². The summed E-state index contributed by atoms with van der Waals surface area (Å²) in [5.41, 5.74) is 0. The first kappa shape index (κ1) is 14.2. The van der Waals surface area contributed by atoms with Gasteiger partial charge in [0.2, 0.25) is 11.2 Å². The van der Waals surface area contributed by atoms with Gasteiger partial charge < -0.3 is 10.4 Å². The van der Waals surface area contributed by atoms with Crippen molar-refractivity contribution in [3.8, 4) is 5.95 Å². The van der Waals surface area contributed by atoms with E-state index in [-0.39, 0.29) is 11.3 Å². The van der Waals surface area contributed by atoms with Crippen molar-refractivity contribution in [2.45, 2.75) is 44.2 Å². The van der Waals surface area contributed by atoms with Crippen LogP contribution in [0.1, 0.15) is 32.1 Å². The molecule has 0 aromatic carbocycles. The Morgan fingerprint density at radius 1 is 1.19 bits per heavy atom. The third-order valence-corrected chi connectivity index (χ3v) is 3.77. The summed E-state index contributed by atoms with van der Waals surface area (Å²) in [6.07, 6.45) is 7.94. The molecule has 0 amide bonds. The van der Waals surface area contributed by atoms with Crippen molar-refractivity contribution < 1.29 is 5.11 Å². The number of aliphatic hydroxyl groups excluding tert-OH is 1. The molecule has 3 rings (SSSR count). The normalized spacial score (nSPS) is 22.8. The molecular formula is C13H17ClN6O. The molecule has 0 spiro atoms. The smallest absolute Gasteiger partial charge is 0.256 e. The quantitative estimate of drug-likeness (QED) is 0.841. The van der Waals surface area contributed by atoms with Crippen LogP contribution in [0.15, 0.2) is 18.5 Å². The van der Waals surface area contributed by atoms with Gasteiger partial charge in [0.05, 0.1) is 12.1 Å². The molecule has 21 heavy (non-hydrogen) atoms. The predicted molar refractivity (Wildman–Crippen MR) is 78.5 cm³/mol. The fraction of sp³-hybridized carbons (Fsp3) is 0.538. The Morgan fingerprint density at radius 3 is 2.86 bits per heavy atom. The van der Waals surface area contributed by atoms with Gasteiger partial charge >= 0.3 is 0 Å². The van der Waals surface area contributed by atoms with E-state index in [1.54, 1.807) is 18.5 Å². The molecule has 1 saturated carbocycles. The van der Waals surface area contributed by atoms with Crippen LogP contribution in [-0.2, 0) is 0 Å². The Morgan fingerprint density at radius 2 is 2.05 bits per heavy atom. The molecule has 0 aliphatic heterocycles. The third-order valence-electron chi connectivity index (χ3n) is 3.60. The number of anilines is 1. The molecule has 0 saturated heterocycles. The van der Waals surface area contributed by atoms with E-state index in [4.69, 9.17) is 11.6 Å². The molecule has 2 unspecified atom stereocenters. The summed E-state index contributed by atoms with van der Waals surface area (Å²) in [5, 5.41) is 17.5. The van der Waals surface area contributed by atoms with Crippen LogP contribution in [0.3, 0.4) is 0 Å². The minimum Gasteiger partial charge on any atom is -0.391 e. The zero-order valence-electron chi connectivity index (χ0n) is 11.5. The molecule has 2 atom stereocenters. The summed E-state index contributed by atoms with van der Waals surface area (Å²) in [6, 6.07) is 1.72. The molecule has 1 aliphatic rings. The maximum atomic E-state index is 10.1. The number of hydrogen-bond acceptors (Lipinski definition) is 6. The molecule has 1 fully saturated rings. The molecule has 8 heteroatoms. The van der Waals surface area contributed by atoms with E-state index in [0.717, 1.165) is 32.1 Å². The largest absolute Gasteiger partial charge is 0.391 e. The number of hydrogen-bond donors (Lipinski definition) is 2. The number of halogens is 1. The SMILES string of the molecule is OC1CCCCCC1Nc1nc(Cl)nc(-n2cccn2)n1. The Labute approximate surface area is 127 Å². The summed E-state index contributed by atoms with van der Waals surface area (Å²) in [6.45, 7) is 0. The van der Waals surface area contributed by atoms with Crippen molar-refractivity contribution in [1.29, 1.82) is 0 Å². The van der Waals surface area contributed by atoms with Crippen molar-refractivity contribution in [2.24, 2.45) is 0 Å². The Bertz CT molecular complexity index is 590. The maximum absolute atomic E-state index is 10.1. The van der Waals surface area contributed by atoms with Gasteiger partial charge in [0.15, 0.2) is 0 Å². The van der Waals surface area contributed by atoms with Gasteiger partial charge in [0.1, 0.15) is 0 Å². The molecule has 2 aromatic rings. The van der Waals surface area contributed by atoms with Gasteiger partial charge in [-0.15, -0.1) is 0 Å². The summed E-state index contributed by atoms with van der Waals surface area (Å²) in [7, 11) is 0. The van der Waals surface area contributed by atoms with E-state index in [0.29, 0.717) is 11.9 Å². The van der Waals surface area contributed by atoms with Crippen LogP contribution >= 0.6 is 11.6 Å². The van der Waals surface area contributed by atoms with Gasteiger partial charge in [-0.1, -0.05) is 19.3 Å². The van der Waals surface area contributed by atoms with Crippen LogP contribution < -0.4 is 5.32 Å². The van der Waals surface area contributed by atoms with Crippen molar-refractivity contribution in [3.05, 3.63) is 23.7 Å². The lowest BCUT2D eigenvalue weighted by Gasteiger charge is -2.21. The van der Waals surface area contributed by atoms with Gasteiger partial charge in [-0.05, 0) is 30.5 Å². The molecule has 2 heterocycles. The van der Waals surface area contributed by atoms with E-state index in [1.165, 1.54) is 4.68 Å². The molecule has 2 aromatic heterocycles. The average Bonchev–Trinajstić information content (AvgIpc) is 2.92. The second-order valence-electron chi connectivity index (χ2n) is 5.13. The lowest BCUT2D eigenvalue weighted by Crippen LogP contribution is -2.33. The highest BCUT2D eigenvalue weighted by atomic mass is 35.5. The highest BCUT2D eigenvalue weighted by Gasteiger charge is 2.22. The monoisotopic (exact) mass is 308 g/mol. The number of rotatable bonds is 3. The first-order valence-corrected chi connectivity index (χ1v) is 7.46. The van der Waals surface area contributed by atoms with Crippen LogP contribution in [0.5, 0.6) is 0 Å². The van der Waals surface area contributed by atoms with Gasteiger partial charge in [-0.25, -0.2) is 4.68 Å². The Kier molecular flexibility index (Phi) is 4.31. The number of aliphatic hydroxyl groups is 1. The Hall–Kier alpha value is -1.73. The first-order valence-electron chi connectivity index (χ1n) is 7.08. The van der Waals surface area contributed by atoms with E-state index in [2.05, 4.69) is 25.4 Å². The molecule has 112 valence electrons. The van der Waals surface area contributed by atoms with Crippen molar-refractivity contribution in [1.82, 2.24) is 24.7 Å². The van der Waals surface area contributed by atoms with Crippen molar-refractivity contribution >= 4 is 17.5 Å². The van der Waals surface area contributed by atoms with Crippen LogP contribution in [0.25, 0.3) is 5.95 Å². The van der Waals surface area contributed by atoms with Gasteiger partial charge in [0, 0.05) is 12.4 Å². The minimum atomic E-state index is -0.392. The maximum Gasteiger partial charge on any atom is 0.256 e. The number of nitrogens with zero attached hydrogens (tertiary/aromatic N) is 5. The number of nitrogens with one attached hydrogen (secondary N) is 1. The Balaban J connectivity index is 1.81. The lowest BCUT2D eigenvalue weighted by molar-refractivity contribution is 0.144. The van der Waals surface area contributed by atoms with E-state index in [9.17, 15) is 5.11 Å². The van der Waals surface area contributed by atoms with E-state index < -0.39 is 6.10 Å². The standard InChI is InChI=1S/C13H17ClN6O/c14-11-17-12(16-9-5-2-1-3-6-10(9)21)19-13(18-11)20-8-4-7-15-20/h4,7-10,21H,1-3,5-6H2,(H,16,17,18,19).